The van der Waals surface area contributed by atoms with E-state index in [1.807, 2.05) is 6.07 Å². The predicted molar refractivity (Wildman–Crippen MR) is 53.0 cm³/mol. The molecule has 0 saturated heterocycles. The van der Waals surface area contributed by atoms with Crippen molar-refractivity contribution in [3.05, 3.63) is 24.0 Å². The summed E-state index contributed by atoms with van der Waals surface area (Å²) < 4.78 is 0. The number of hydrogen-bond donors (Lipinski definition) is 2. The Balaban J connectivity index is 2.63. The summed E-state index contributed by atoms with van der Waals surface area (Å²) in [5.74, 6) is -0.824. The molecule has 2 N–H and O–H groups in total. The van der Waals surface area contributed by atoms with Crippen LogP contribution in [0.2, 0.25) is 0 Å². The van der Waals surface area contributed by atoms with Crippen LogP contribution < -0.4 is 5.32 Å². The van der Waals surface area contributed by atoms with Crippen LogP contribution in [-0.4, -0.2) is 22.5 Å². The molecule has 0 aliphatic heterocycles. The van der Waals surface area contributed by atoms with Gasteiger partial charge in [0, 0.05) is 12.7 Å². The normalized spacial score (nSPS) is 11.5. The van der Waals surface area contributed by atoms with Crippen LogP contribution in [0, 0.1) is 17.2 Å². The third-order valence-electron chi connectivity index (χ3n) is 1.83. The average molecular weight is 205 g/mol. The number of pyridine rings is 1. The molecule has 1 atom stereocenters. The first kappa shape index (κ1) is 11.0. The fourth-order valence-electron chi connectivity index (χ4n) is 0.965. The number of aromatic hydroxyl groups is 1. The molecule has 1 amide bonds. The number of carbonyl (C=O) groups excluding carboxylic acids is 1. The lowest BCUT2D eigenvalue weighted by Crippen LogP contribution is -2.27. The Kier molecular flexibility index (Phi) is 3.63. The van der Waals surface area contributed by atoms with Gasteiger partial charge < -0.3 is 10.4 Å². The highest BCUT2D eigenvalue weighted by Crippen LogP contribution is 2.13. The quantitative estimate of drug-likeness (QED) is 0.759. The summed E-state index contributed by atoms with van der Waals surface area (Å²) in [6.45, 7) is 1.96. The summed E-state index contributed by atoms with van der Waals surface area (Å²) in [5.41, 5.74) is 0.162. The van der Waals surface area contributed by atoms with E-state index in [1.54, 1.807) is 6.92 Å². The number of nitriles is 1. The molecule has 1 heterocycles. The van der Waals surface area contributed by atoms with E-state index < -0.39 is 5.91 Å². The molecule has 1 unspecified atom stereocenters. The molecule has 0 saturated carbocycles. The van der Waals surface area contributed by atoms with Crippen molar-refractivity contribution in [1.82, 2.24) is 10.3 Å². The molecule has 0 spiro atoms. The van der Waals surface area contributed by atoms with Gasteiger partial charge >= 0.3 is 0 Å². The van der Waals surface area contributed by atoms with Gasteiger partial charge in [-0.1, -0.05) is 0 Å². The average Bonchev–Trinajstić information content (AvgIpc) is 2.26. The first-order chi connectivity index (χ1) is 7.15. The molecule has 1 aromatic rings. The van der Waals surface area contributed by atoms with Crippen LogP contribution in [-0.2, 0) is 0 Å². The lowest BCUT2D eigenvalue weighted by atomic mass is 10.2. The number of aromatic nitrogens is 1. The number of nitrogens with zero attached hydrogens (tertiary/aromatic N) is 2. The van der Waals surface area contributed by atoms with Crippen molar-refractivity contribution in [2.45, 2.75) is 6.92 Å². The molecular formula is C10H11N3O2. The summed E-state index contributed by atoms with van der Waals surface area (Å²) >= 11 is 0. The maximum Gasteiger partial charge on any atom is 0.255 e. The summed E-state index contributed by atoms with van der Waals surface area (Å²) in [7, 11) is 0. The van der Waals surface area contributed by atoms with Gasteiger partial charge in [-0.25, -0.2) is 0 Å². The molecule has 78 valence electrons. The number of carbonyl (C=O) groups is 1. The van der Waals surface area contributed by atoms with Crippen molar-refractivity contribution >= 4 is 5.91 Å². The Morgan fingerprint density at radius 3 is 3.13 bits per heavy atom. The van der Waals surface area contributed by atoms with Crippen molar-refractivity contribution < 1.29 is 9.90 Å². The van der Waals surface area contributed by atoms with E-state index in [0.717, 1.165) is 0 Å². The largest absolute Gasteiger partial charge is 0.505 e. The molecule has 5 heteroatoms. The zero-order valence-electron chi connectivity index (χ0n) is 8.27. The Hall–Kier alpha value is -2.09. The van der Waals surface area contributed by atoms with Crippen molar-refractivity contribution in [2.24, 2.45) is 5.92 Å². The van der Waals surface area contributed by atoms with Gasteiger partial charge in [0.15, 0.2) is 0 Å². The number of rotatable bonds is 3. The molecule has 1 rings (SSSR count). The standard InChI is InChI=1S/C10H11N3O2/c1-7(4-11)5-13-10(15)8-2-3-12-6-9(8)14/h2-3,6-7,14H,5H2,1H3,(H,13,15). The molecule has 0 aliphatic carbocycles. The number of amides is 1. The highest BCUT2D eigenvalue weighted by Gasteiger charge is 2.10. The van der Waals surface area contributed by atoms with Crippen molar-refractivity contribution in [3.63, 3.8) is 0 Å². The van der Waals surface area contributed by atoms with Crippen LogP contribution in [0.3, 0.4) is 0 Å². The van der Waals surface area contributed by atoms with E-state index >= 15 is 0 Å². The highest BCUT2D eigenvalue weighted by molar-refractivity contribution is 5.96. The molecule has 15 heavy (non-hydrogen) atoms. The van der Waals surface area contributed by atoms with Gasteiger partial charge in [-0.15, -0.1) is 0 Å². The van der Waals surface area contributed by atoms with E-state index in [4.69, 9.17) is 5.26 Å². The highest BCUT2D eigenvalue weighted by atomic mass is 16.3. The van der Waals surface area contributed by atoms with Crippen molar-refractivity contribution in [3.8, 4) is 11.8 Å². The number of hydrogen-bond acceptors (Lipinski definition) is 4. The molecule has 0 aromatic carbocycles. The van der Waals surface area contributed by atoms with Crippen LogP contribution in [0.25, 0.3) is 0 Å². The SMILES string of the molecule is CC(C#N)CNC(=O)c1ccncc1O. The maximum atomic E-state index is 11.5. The van der Waals surface area contributed by atoms with Crippen LogP contribution in [0.4, 0.5) is 0 Å². The molecule has 5 nitrogen and oxygen atoms in total. The zero-order valence-corrected chi connectivity index (χ0v) is 8.27. The molecular weight excluding hydrogens is 194 g/mol. The summed E-state index contributed by atoms with van der Waals surface area (Å²) in [4.78, 5) is 15.1. The van der Waals surface area contributed by atoms with Gasteiger partial charge in [0.05, 0.1) is 23.7 Å². The second-order valence-corrected chi connectivity index (χ2v) is 3.13. The Labute approximate surface area is 87.4 Å². The molecule has 0 bridgehead atoms. The lowest BCUT2D eigenvalue weighted by molar-refractivity contribution is 0.0948. The van der Waals surface area contributed by atoms with Crippen molar-refractivity contribution in [1.29, 1.82) is 5.26 Å². The summed E-state index contributed by atoms with van der Waals surface area (Å²) in [6.07, 6.45) is 2.62. The first-order valence-corrected chi connectivity index (χ1v) is 4.46. The molecule has 0 aliphatic rings. The van der Waals surface area contributed by atoms with Crippen LogP contribution in [0.5, 0.6) is 5.75 Å². The maximum absolute atomic E-state index is 11.5. The minimum absolute atomic E-state index is 0.162. The van der Waals surface area contributed by atoms with Crippen LogP contribution in [0.15, 0.2) is 18.5 Å². The van der Waals surface area contributed by atoms with Gasteiger partial charge in [-0.05, 0) is 13.0 Å². The fraction of sp³-hybridized carbons (Fsp3) is 0.300. The fourth-order valence-corrected chi connectivity index (χ4v) is 0.965. The zero-order chi connectivity index (χ0) is 11.3. The molecule has 0 fully saturated rings. The minimum atomic E-state index is -0.406. The smallest absolute Gasteiger partial charge is 0.255 e. The monoisotopic (exact) mass is 205 g/mol. The topological polar surface area (TPSA) is 86.0 Å². The van der Waals surface area contributed by atoms with E-state index in [0.29, 0.717) is 0 Å². The van der Waals surface area contributed by atoms with Gasteiger partial charge in [0.1, 0.15) is 5.75 Å². The molecule has 1 aromatic heterocycles. The van der Waals surface area contributed by atoms with Gasteiger partial charge in [-0.2, -0.15) is 5.26 Å². The second kappa shape index (κ2) is 4.96. The Bertz CT molecular complexity index is 398. The van der Waals surface area contributed by atoms with Gasteiger partial charge in [0.25, 0.3) is 5.91 Å². The third-order valence-corrected chi connectivity index (χ3v) is 1.83. The Morgan fingerprint density at radius 2 is 2.53 bits per heavy atom. The summed E-state index contributed by atoms with van der Waals surface area (Å²) in [6, 6.07) is 3.42. The van der Waals surface area contributed by atoms with E-state index in [2.05, 4.69) is 10.3 Å². The number of nitrogens with one attached hydrogen (secondary N) is 1. The van der Waals surface area contributed by atoms with Crippen LogP contribution >= 0.6 is 0 Å². The second-order valence-electron chi connectivity index (χ2n) is 3.13. The molecule has 0 radical (unpaired) electrons. The third kappa shape index (κ3) is 2.95. The van der Waals surface area contributed by atoms with Crippen molar-refractivity contribution in [2.75, 3.05) is 6.54 Å². The summed E-state index contributed by atoms with van der Waals surface area (Å²) in [5, 5.41) is 20.4. The lowest BCUT2D eigenvalue weighted by Gasteiger charge is -2.06. The minimum Gasteiger partial charge on any atom is -0.505 e. The first-order valence-electron chi connectivity index (χ1n) is 4.46. The van der Waals surface area contributed by atoms with E-state index in [9.17, 15) is 9.90 Å². The van der Waals surface area contributed by atoms with Gasteiger partial charge in [0.2, 0.25) is 0 Å². The van der Waals surface area contributed by atoms with Gasteiger partial charge in [-0.3, -0.25) is 9.78 Å². The van der Waals surface area contributed by atoms with E-state index in [-0.39, 0.29) is 23.8 Å². The van der Waals surface area contributed by atoms with Crippen LogP contribution in [0.1, 0.15) is 17.3 Å². The predicted octanol–water partition coefficient (Wildman–Crippen LogP) is 0.677. The Morgan fingerprint density at radius 1 is 1.80 bits per heavy atom. The van der Waals surface area contributed by atoms with E-state index in [1.165, 1.54) is 18.5 Å².